The molecule has 2 amide bonds. The van der Waals surface area contributed by atoms with Gasteiger partial charge in [0.15, 0.2) is 0 Å². The Balaban J connectivity index is 1.60. The van der Waals surface area contributed by atoms with Crippen molar-refractivity contribution in [3.63, 3.8) is 0 Å². The number of benzene rings is 2. The Labute approximate surface area is 198 Å². The van der Waals surface area contributed by atoms with E-state index in [2.05, 4.69) is 14.9 Å². The first-order chi connectivity index (χ1) is 15.6. The third-order valence-corrected chi connectivity index (χ3v) is 7.18. The lowest BCUT2D eigenvalue weighted by Gasteiger charge is -2.32. The molecule has 0 radical (unpaired) electrons. The van der Waals surface area contributed by atoms with Crippen molar-refractivity contribution in [1.29, 1.82) is 0 Å². The van der Waals surface area contributed by atoms with Crippen molar-refractivity contribution in [3.05, 3.63) is 53.1 Å². The summed E-state index contributed by atoms with van der Waals surface area (Å²) in [6.07, 6.45) is 0. The highest BCUT2D eigenvalue weighted by Gasteiger charge is 2.24. The van der Waals surface area contributed by atoms with Gasteiger partial charge in [0.1, 0.15) is 5.75 Å². The highest BCUT2D eigenvalue weighted by molar-refractivity contribution is 7.89. The molecule has 1 aliphatic heterocycles. The fraction of sp³-hybridized carbons (Fsp3) is 0.364. The number of likely N-dealkylation sites (N-methyl/N-ethyl adjacent to an activating group) is 1. The normalized spacial score (nSPS) is 15.7. The topological polar surface area (TPSA) is 108 Å². The van der Waals surface area contributed by atoms with Gasteiger partial charge in [0, 0.05) is 37.4 Å². The van der Waals surface area contributed by atoms with Crippen LogP contribution in [0.1, 0.15) is 17.3 Å². The van der Waals surface area contributed by atoms with Crippen LogP contribution in [0.3, 0.4) is 0 Å². The van der Waals surface area contributed by atoms with Crippen LogP contribution in [0.15, 0.2) is 47.4 Å². The van der Waals surface area contributed by atoms with Crippen LogP contribution in [0.5, 0.6) is 5.75 Å². The molecule has 3 rings (SSSR count). The number of piperazine rings is 1. The van der Waals surface area contributed by atoms with E-state index in [0.29, 0.717) is 30.1 Å². The smallest absolute Gasteiger partial charge is 0.253 e. The largest absolute Gasteiger partial charge is 0.495 e. The number of anilines is 1. The number of methoxy groups -OCH3 is 1. The summed E-state index contributed by atoms with van der Waals surface area (Å²) < 4.78 is 32.6. The van der Waals surface area contributed by atoms with Crippen LogP contribution in [-0.4, -0.2) is 76.4 Å². The van der Waals surface area contributed by atoms with E-state index in [4.69, 9.17) is 16.3 Å². The number of hydrogen-bond donors (Lipinski definition) is 2. The Morgan fingerprint density at radius 1 is 1.06 bits per heavy atom. The first-order valence-electron chi connectivity index (χ1n) is 10.4. The molecule has 178 valence electrons. The van der Waals surface area contributed by atoms with Gasteiger partial charge in [-0.05, 0) is 56.4 Å². The van der Waals surface area contributed by atoms with Crippen LogP contribution < -0.4 is 14.8 Å². The van der Waals surface area contributed by atoms with Crippen LogP contribution >= 0.6 is 11.6 Å². The third-order valence-electron chi connectivity index (χ3n) is 5.35. The lowest BCUT2D eigenvalue weighted by Crippen LogP contribution is -2.47. The van der Waals surface area contributed by atoms with Crippen molar-refractivity contribution in [2.24, 2.45) is 0 Å². The Kier molecular flexibility index (Phi) is 7.96. The van der Waals surface area contributed by atoms with Gasteiger partial charge < -0.3 is 19.9 Å². The third kappa shape index (κ3) is 6.23. The number of sulfonamides is 1. The molecule has 2 aromatic rings. The van der Waals surface area contributed by atoms with E-state index in [1.807, 2.05) is 7.05 Å². The second-order valence-corrected chi connectivity index (χ2v) is 9.92. The average Bonchev–Trinajstić information content (AvgIpc) is 2.79. The number of amides is 2. The maximum absolute atomic E-state index is 12.6. The van der Waals surface area contributed by atoms with Gasteiger partial charge in [0.25, 0.3) is 5.91 Å². The molecule has 2 aromatic carbocycles. The fourth-order valence-corrected chi connectivity index (χ4v) is 4.86. The minimum atomic E-state index is -3.98. The number of rotatable bonds is 7. The predicted molar refractivity (Wildman–Crippen MR) is 126 cm³/mol. The molecule has 0 bridgehead atoms. The number of hydrogen-bond acceptors (Lipinski definition) is 6. The van der Waals surface area contributed by atoms with Gasteiger partial charge in [-0.1, -0.05) is 11.6 Å². The first kappa shape index (κ1) is 25.0. The van der Waals surface area contributed by atoms with E-state index in [1.54, 1.807) is 29.2 Å². The van der Waals surface area contributed by atoms with Gasteiger partial charge in [-0.15, -0.1) is 0 Å². The molecular formula is C22H27ClN4O5S. The molecule has 1 unspecified atom stereocenters. The fourth-order valence-electron chi connectivity index (χ4n) is 3.31. The van der Waals surface area contributed by atoms with Crippen molar-refractivity contribution in [2.45, 2.75) is 17.9 Å². The Hall–Kier alpha value is -2.66. The molecule has 0 aromatic heterocycles. The number of carbonyl (C=O) groups excluding carboxylic acids is 2. The minimum absolute atomic E-state index is 0.0553. The standard InChI is InChI=1S/C22H27ClN4O5S/c1-15(25-33(30,31)18-8-9-20(32-3)19(23)14-18)21(28)24-17-6-4-16(5-7-17)22(29)27-12-10-26(2)11-13-27/h4-9,14-15,25H,10-13H2,1-3H3,(H,24,28). The van der Waals surface area contributed by atoms with Crippen molar-refractivity contribution in [2.75, 3.05) is 45.7 Å². The zero-order valence-corrected chi connectivity index (χ0v) is 20.2. The van der Waals surface area contributed by atoms with Crippen molar-refractivity contribution in [3.8, 4) is 5.75 Å². The Morgan fingerprint density at radius 3 is 2.27 bits per heavy atom. The van der Waals surface area contributed by atoms with Crippen LogP contribution in [0.2, 0.25) is 5.02 Å². The Bertz CT molecular complexity index is 1120. The summed E-state index contributed by atoms with van der Waals surface area (Å²) in [5, 5.41) is 2.80. The molecule has 0 saturated carbocycles. The molecule has 0 spiro atoms. The Morgan fingerprint density at radius 2 is 1.70 bits per heavy atom. The molecule has 11 heteroatoms. The summed E-state index contributed by atoms with van der Waals surface area (Å²) in [6.45, 7) is 4.44. The van der Waals surface area contributed by atoms with Crippen molar-refractivity contribution >= 4 is 39.1 Å². The minimum Gasteiger partial charge on any atom is -0.495 e. The molecule has 1 saturated heterocycles. The van der Waals surface area contributed by atoms with E-state index in [1.165, 1.54) is 32.2 Å². The van der Waals surface area contributed by atoms with Crippen molar-refractivity contribution in [1.82, 2.24) is 14.5 Å². The number of carbonyl (C=O) groups is 2. The van der Waals surface area contributed by atoms with Crippen LogP contribution in [0.4, 0.5) is 5.69 Å². The van der Waals surface area contributed by atoms with Gasteiger partial charge in [-0.25, -0.2) is 8.42 Å². The molecule has 1 heterocycles. The van der Waals surface area contributed by atoms with E-state index in [9.17, 15) is 18.0 Å². The van der Waals surface area contributed by atoms with E-state index >= 15 is 0 Å². The molecule has 33 heavy (non-hydrogen) atoms. The summed E-state index contributed by atoms with van der Waals surface area (Å²) in [6, 6.07) is 9.50. The van der Waals surface area contributed by atoms with Gasteiger partial charge in [-0.2, -0.15) is 4.72 Å². The summed E-state index contributed by atoms with van der Waals surface area (Å²) in [5.74, 6) is -0.257. The maximum atomic E-state index is 12.6. The molecule has 0 aliphatic carbocycles. The molecule has 1 atom stereocenters. The SMILES string of the molecule is COc1ccc(S(=O)(=O)NC(C)C(=O)Nc2ccc(C(=O)N3CCN(C)CC3)cc2)cc1Cl. The highest BCUT2D eigenvalue weighted by atomic mass is 35.5. The van der Waals surface area contributed by atoms with E-state index in [0.717, 1.165) is 13.1 Å². The lowest BCUT2D eigenvalue weighted by molar-refractivity contribution is -0.117. The number of halogens is 1. The molecular weight excluding hydrogens is 468 g/mol. The summed E-state index contributed by atoms with van der Waals surface area (Å²) in [5.41, 5.74) is 0.983. The number of nitrogens with one attached hydrogen (secondary N) is 2. The second-order valence-electron chi connectivity index (χ2n) is 7.80. The predicted octanol–water partition coefficient (Wildman–Crippen LogP) is 2.04. The van der Waals surface area contributed by atoms with Gasteiger partial charge in [0.05, 0.1) is 23.1 Å². The second kappa shape index (κ2) is 10.5. The molecule has 2 N–H and O–H groups in total. The van der Waals surface area contributed by atoms with E-state index < -0.39 is 22.0 Å². The van der Waals surface area contributed by atoms with Gasteiger partial charge in [0.2, 0.25) is 15.9 Å². The highest BCUT2D eigenvalue weighted by Crippen LogP contribution is 2.27. The molecule has 1 aliphatic rings. The van der Waals surface area contributed by atoms with Gasteiger partial charge in [-0.3, -0.25) is 9.59 Å². The first-order valence-corrected chi connectivity index (χ1v) is 12.2. The zero-order chi connectivity index (χ0) is 24.2. The number of nitrogens with zero attached hydrogens (tertiary/aromatic N) is 2. The summed E-state index contributed by atoms with van der Waals surface area (Å²) in [4.78, 5) is 29.0. The number of ether oxygens (including phenoxy) is 1. The zero-order valence-electron chi connectivity index (χ0n) is 18.7. The average molecular weight is 495 g/mol. The van der Waals surface area contributed by atoms with Gasteiger partial charge >= 0.3 is 0 Å². The molecule has 1 fully saturated rings. The monoisotopic (exact) mass is 494 g/mol. The summed E-state index contributed by atoms with van der Waals surface area (Å²) in [7, 11) is -0.537. The van der Waals surface area contributed by atoms with E-state index in [-0.39, 0.29) is 15.8 Å². The lowest BCUT2D eigenvalue weighted by atomic mass is 10.1. The quantitative estimate of drug-likeness (QED) is 0.610. The van der Waals surface area contributed by atoms with Crippen LogP contribution in [-0.2, 0) is 14.8 Å². The van der Waals surface area contributed by atoms with Crippen LogP contribution in [0, 0.1) is 0 Å². The van der Waals surface area contributed by atoms with Crippen molar-refractivity contribution < 1.29 is 22.7 Å². The molecule has 9 nitrogen and oxygen atoms in total. The summed E-state index contributed by atoms with van der Waals surface area (Å²) >= 11 is 6.01. The maximum Gasteiger partial charge on any atom is 0.253 e. The van der Waals surface area contributed by atoms with Crippen LogP contribution in [0.25, 0.3) is 0 Å².